The lowest BCUT2D eigenvalue weighted by molar-refractivity contribution is -0.137. The summed E-state index contributed by atoms with van der Waals surface area (Å²) in [5, 5.41) is 2.79. The number of carbonyl (C=O) groups excluding carboxylic acids is 2. The van der Waals surface area contributed by atoms with Crippen molar-refractivity contribution in [2.24, 2.45) is 5.92 Å². The summed E-state index contributed by atoms with van der Waals surface area (Å²) in [6.45, 7) is 3.86. The van der Waals surface area contributed by atoms with Crippen LogP contribution in [0.15, 0.2) is 53.4 Å². The van der Waals surface area contributed by atoms with Crippen molar-refractivity contribution in [3.05, 3.63) is 65.7 Å². The molecule has 0 saturated carbocycles. The molecule has 0 aromatic heterocycles. The van der Waals surface area contributed by atoms with Crippen molar-refractivity contribution < 1.29 is 26.8 Å². The summed E-state index contributed by atoms with van der Waals surface area (Å²) in [6.07, 6.45) is 0.270. The standard InChI is InChI=1S/C23H27F2N3O4S/c1-16(2)14-21(29)26-22(17-6-4-3-5-7-17)23(30)27-10-12-28(13-11-27)33(31,32)20-9-8-18(24)15-19(20)25/h3-9,15-16,22H,10-14H2,1-2H3,(H,26,29). The van der Waals surface area contributed by atoms with Crippen LogP contribution in [0.25, 0.3) is 0 Å². The number of sulfonamides is 1. The monoisotopic (exact) mass is 479 g/mol. The van der Waals surface area contributed by atoms with Crippen LogP contribution in [0.1, 0.15) is 31.9 Å². The molecule has 2 aromatic rings. The van der Waals surface area contributed by atoms with E-state index in [1.165, 1.54) is 4.90 Å². The molecule has 0 aliphatic carbocycles. The Labute approximate surface area is 192 Å². The van der Waals surface area contributed by atoms with Gasteiger partial charge in [0.25, 0.3) is 0 Å². The molecule has 1 aliphatic rings. The molecule has 3 rings (SSSR count). The zero-order chi connectivity index (χ0) is 24.2. The van der Waals surface area contributed by atoms with E-state index >= 15 is 0 Å². The van der Waals surface area contributed by atoms with Gasteiger partial charge in [-0.1, -0.05) is 44.2 Å². The molecule has 1 unspecified atom stereocenters. The Bertz CT molecular complexity index is 1100. The second kappa shape index (κ2) is 10.4. The highest BCUT2D eigenvalue weighted by atomic mass is 32.2. The van der Waals surface area contributed by atoms with Crippen molar-refractivity contribution in [3.63, 3.8) is 0 Å². The fourth-order valence-corrected chi connectivity index (χ4v) is 5.15. The average Bonchev–Trinajstić information content (AvgIpc) is 2.77. The zero-order valence-corrected chi connectivity index (χ0v) is 19.3. The maximum atomic E-state index is 14.1. The summed E-state index contributed by atoms with van der Waals surface area (Å²) >= 11 is 0. The van der Waals surface area contributed by atoms with E-state index in [2.05, 4.69) is 5.32 Å². The molecule has 0 bridgehead atoms. The molecule has 7 nitrogen and oxygen atoms in total. The average molecular weight is 480 g/mol. The van der Waals surface area contributed by atoms with Crippen LogP contribution in [0, 0.1) is 17.6 Å². The highest BCUT2D eigenvalue weighted by Crippen LogP contribution is 2.23. The van der Waals surface area contributed by atoms with Gasteiger partial charge in [-0.15, -0.1) is 0 Å². The van der Waals surface area contributed by atoms with Gasteiger partial charge in [-0.25, -0.2) is 17.2 Å². The molecule has 0 spiro atoms. The van der Waals surface area contributed by atoms with E-state index in [1.807, 2.05) is 13.8 Å². The van der Waals surface area contributed by atoms with Gasteiger partial charge < -0.3 is 10.2 Å². The summed E-state index contributed by atoms with van der Waals surface area (Å²) in [6, 6.07) is 10.3. The van der Waals surface area contributed by atoms with Gasteiger partial charge in [-0.3, -0.25) is 9.59 Å². The second-order valence-corrected chi connectivity index (χ2v) is 10.2. The maximum Gasteiger partial charge on any atom is 0.249 e. The molecular formula is C23H27F2N3O4S. The van der Waals surface area contributed by atoms with E-state index in [0.29, 0.717) is 11.6 Å². The smallest absolute Gasteiger partial charge is 0.249 e. The number of hydrogen-bond donors (Lipinski definition) is 1. The predicted octanol–water partition coefficient (Wildman–Crippen LogP) is 2.70. The largest absolute Gasteiger partial charge is 0.341 e. The lowest BCUT2D eigenvalue weighted by atomic mass is 10.0. The number of hydrogen-bond acceptors (Lipinski definition) is 4. The van der Waals surface area contributed by atoms with Gasteiger partial charge in [0, 0.05) is 38.7 Å². The molecular weight excluding hydrogens is 452 g/mol. The molecule has 2 amide bonds. The van der Waals surface area contributed by atoms with Crippen molar-refractivity contribution in [1.82, 2.24) is 14.5 Å². The molecule has 178 valence electrons. The Morgan fingerprint density at radius 2 is 1.64 bits per heavy atom. The third kappa shape index (κ3) is 5.94. The van der Waals surface area contributed by atoms with Crippen LogP contribution in [0.5, 0.6) is 0 Å². The molecule has 1 aliphatic heterocycles. The molecule has 2 aromatic carbocycles. The first-order chi connectivity index (χ1) is 15.6. The van der Waals surface area contributed by atoms with E-state index in [0.717, 1.165) is 16.4 Å². The molecule has 1 atom stereocenters. The number of carbonyl (C=O) groups is 2. The Hall–Kier alpha value is -2.85. The first-order valence-corrected chi connectivity index (χ1v) is 12.1. The SMILES string of the molecule is CC(C)CC(=O)NC(C(=O)N1CCN(S(=O)(=O)c2ccc(F)cc2F)CC1)c1ccccc1. The first-order valence-electron chi connectivity index (χ1n) is 10.7. The van der Waals surface area contributed by atoms with E-state index in [1.54, 1.807) is 30.3 Å². The number of halogens is 2. The van der Waals surface area contributed by atoms with Crippen LogP contribution in [0.4, 0.5) is 8.78 Å². The number of nitrogens with one attached hydrogen (secondary N) is 1. The molecule has 1 saturated heterocycles. The van der Waals surface area contributed by atoms with Gasteiger partial charge in [0.2, 0.25) is 21.8 Å². The van der Waals surface area contributed by atoms with Crippen molar-refractivity contribution >= 4 is 21.8 Å². The van der Waals surface area contributed by atoms with Crippen LogP contribution in [-0.2, 0) is 19.6 Å². The predicted molar refractivity (Wildman–Crippen MR) is 118 cm³/mol. The van der Waals surface area contributed by atoms with Gasteiger partial charge in [0.1, 0.15) is 22.6 Å². The minimum absolute atomic E-state index is 0.0493. The molecule has 33 heavy (non-hydrogen) atoms. The Morgan fingerprint density at radius 3 is 2.21 bits per heavy atom. The summed E-state index contributed by atoms with van der Waals surface area (Å²) in [5.74, 6) is -2.50. The summed E-state index contributed by atoms with van der Waals surface area (Å²) in [7, 11) is -4.18. The molecule has 10 heteroatoms. The summed E-state index contributed by atoms with van der Waals surface area (Å²) < 4.78 is 53.9. The van der Waals surface area contributed by atoms with Crippen LogP contribution in [-0.4, -0.2) is 55.6 Å². The van der Waals surface area contributed by atoms with Crippen LogP contribution >= 0.6 is 0 Å². The second-order valence-electron chi connectivity index (χ2n) is 8.31. The highest BCUT2D eigenvalue weighted by Gasteiger charge is 2.34. The van der Waals surface area contributed by atoms with Crippen LogP contribution < -0.4 is 5.32 Å². The number of benzene rings is 2. The topological polar surface area (TPSA) is 86.8 Å². The summed E-state index contributed by atoms with van der Waals surface area (Å²) in [4.78, 5) is 26.6. The van der Waals surface area contributed by atoms with Gasteiger partial charge in [0.05, 0.1) is 0 Å². The van der Waals surface area contributed by atoms with E-state index in [9.17, 15) is 26.8 Å². The van der Waals surface area contributed by atoms with Crippen molar-refractivity contribution in [3.8, 4) is 0 Å². The number of piperazine rings is 1. The quantitative estimate of drug-likeness (QED) is 0.662. The molecule has 1 heterocycles. The van der Waals surface area contributed by atoms with Gasteiger partial charge in [-0.05, 0) is 23.6 Å². The summed E-state index contributed by atoms with van der Waals surface area (Å²) in [5.41, 5.74) is 0.628. The normalized spacial score (nSPS) is 16.0. The molecule has 1 N–H and O–H groups in total. The Morgan fingerprint density at radius 1 is 1.00 bits per heavy atom. The van der Waals surface area contributed by atoms with E-state index < -0.39 is 32.6 Å². The van der Waals surface area contributed by atoms with Crippen molar-refractivity contribution in [2.45, 2.75) is 31.2 Å². The minimum atomic E-state index is -4.18. The maximum absolute atomic E-state index is 14.1. The van der Waals surface area contributed by atoms with Gasteiger partial charge in [0.15, 0.2) is 0 Å². The number of amides is 2. The Kier molecular flexibility index (Phi) is 7.80. The third-order valence-corrected chi connectivity index (χ3v) is 7.27. The van der Waals surface area contributed by atoms with Gasteiger partial charge in [-0.2, -0.15) is 4.31 Å². The molecule has 0 radical (unpaired) electrons. The van der Waals surface area contributed by atoms with E-state index in [-0.39, 0.29) is 50.3 Å². The number of rotatable bonds is 7. The minimum Gasteiger partial charge on any atom is -0.341 e. The zero-order valence-electron chi connectivity index (χ0n) is 18.5. The van der Waals surface area contributed by atoms with Crippen molar-refractivity contribution in [2.75, 3.05) is 26.2 Å². The molecule has 1 fully saturated rings. The fraction of sp³-hybridized carbons (Fsp3) is 0.391. The first kappa shape index (κ1) is 24.8. The van der Waals surface area contributed by atoms with Crippen LogP contribution in [0.3, 0.4) is 0 Å². The fourth-order valence-electron chi connectivity index (χ4n) is 3.68. The Balaban J connectivity index is 1.73. The number of nitrogens with zero attached hydrogens (tertiary/aromatic N) is 2. The van der Waals surface area contributed by atoms with Gasteiger partial charge >= 0.3 is 0 Å². The lowest BCUT2D eigenvalue weighted by Crippen LogP contribution is -2.53. The third-order valence-electron chi connectivity index (χ3n) is 5.34. The van der Waals surface area contributed by atoms with Crippen LogP contribution in [0.2, 0.25) is 0 Å². The van der Waals surface area contributed by atoms with E-state index in [4.69, 9.17) is 0 Å². The van der Waals surface area contributed by atoms with Crippen molar-refractivity contribution in [1.29, 1.82) is 0 Å². The lowest BCUT2D eigenvalue weighted by Gasteiger charge is -2.36. The highest BCUT2D eigenvalue weighted by molar-refractivity contribution is 7.89.